The lowest BCUT2D eigenvalue weighted by Crippen LogP contribution is -2.47. The molecule has 0 aromatic heterocycles. The Bertz CT molecular complexity index is 392. The maximum atomic E-state index is 11.6. The van der Waals surface area contributed by atoms with E-state index in [-0.39, 0.29) is 11.9 Å². The zero-order valence-electron chi connectivity index (χ0n) is 8.51. The number of piperazine rings is 1. The first-order valence-corrected chi connectivity index (χ1v) is 5.75. The smallest absolute Gasteiger partial charge is 0.241 e. The third kappa shape index (κ3) is 2.21. The number of hydrogen-bond donors (Lipinski definition) is 2. The normalized spacial score (nSPS) is 21.2. The minimum absolute atomic E-state index is 0.0470. The first-order chi connectivity index (χ1) is 7.18. The van der Waals surface area contributed by atoms with Crippen molar-refractivity contribution in [3.8, 4) is 0 Å². The molecule has 0 bridgehead atoms. The topological polar surface area (TPSA) is 41.1 Å². The lowest BCUT2D eigenvalue weighted by molar-refractivity contribution is -0.124. The van der Waals surface area contributed by atoms with Crippen molar-refractivity contribution in [3.05, 3.63) is 33.8 Å². The van der Waals surface area contributed by atoms with E-state index in [9.17, 15) is 4.79 Å². The summed E-state index contributed by atoms with van der Waals surface area (Å²) in [6.45, 7) is 3.55. The largest absolute Gasteiger partial charge is 0.353 e. The zero-order chi connectivity index (χ0) is 10.8. The van der Waals surface area contributed by atoms with Crippen LogP contribution in [0.15, 0.2) is 22.7 Å². The molecule has 0 spiro atoms. The van der Waals surface area contributed by atoms with Crippen molar-refractivity contribution in [1.29, 1.82) is 0 Å². The summed E-state index contributed by atoms with van der Waals surface area (Å²) in [7, 11) is 0. The fraction of sp³-hybridized carbons (Fsp3) is 0.364. The number of halogens is 1. The minimum atomic E-state index is -0.228. The van der Waals surface area contributed by atoms with Crippen molar-refractivity contribution < 1.29 is 4.79 Å². The molecule has 2 rings (SSSR count). The number of nitrogens with one attached hydrogen (secondary N) is 2. The molecular weight excluding hydrogens is 256 g/mol. The highest BCUT2D eigenvalue weighted by atomic mass is 79.9. The van der Waals surface area contributed by atoms with Gasteiger partial charge in [-0.2, -0.15) is 0 Å². The summed E-state index contributed by atoms with van der Waals surface area (Å²) in [6, 6.07) is 5.80. The molecule has 1 aliphatic heterocycles. The highest BCUT2D eigenvalue weighted by Crippen LogP contribution is 2.25. The van der Waals surface area contributed by atoms with Crippen LogP contribution in [0.4, 0.5) is 0 Å². The Hall–Kier alpha value is -0.870. The van der Waals surface area contributed by atoms with Crippen molar-refractivity contribution in [2.75, 3.05) is 13.1 Å². The SMILES string of the molecule is Cc1ccc(C2NCCNC2=O)c(Br)c1. The average Bonchev–Trinajstić information content (AvgIpc) is 2.20. The molecule has 15 heavy (non-hydrogen) atoms. The third-order valence-corrected chi connectivity index (χ3v) is 3.19. The number of amides is 1. The summed E-state index contributed by atoms with van der Waals surface area (Å²) >= 11 is 3.49. The summed E-state index contributed by atoms with van der Waals surface area (Å²) in [5.41, 5.74) is 2.18. The van der Waals surface area contributed by atoms with Crippen molar-refractivity contribution in [2.45, 2.75) is 13.0 Å². The van der Waals surface area contributed by atoms with E-state index in [1.807, 2.05) is 25.1 Å². The third-order valence-electron chi connectivity index (χ3n) is 2.50. The van der Waals surface area contributed by atoms with Crippen LogP contribution in [0.25, 0.3) is 0 Å². The molecule has 1 saturated heterocycles. The molecular formula is C11H13BrN2O. The first kappa shape index (κ1) is 10.6. The monoisotopic (exact) mass is 268 g/mol. The Morgan fingerprint density at radius 2 is 2.20 bits per heavy atom. The Morgan fingerprint density at radius 1 is 1.40 bits per heavy atom. The Kier molecular flexibility index (Phi) is 3.07. The molecule has 4 heteroatoms. The van der Waals surface area contributed by atoms with Gasteiger partial charge in [-0.15, -0.1) is 0 Å². The molecule has 80 valence electrons. The summed E-state index contributed by atoms with van der Waals surface area (Å²) in [5.74, 6) is 0.0470. The Balaban J connectivity index is 2.31. The quantitative estimate of drug-likeness (QED) is 0.811. The number of aryl methyl sites for hydroxylation is 1. The number of hydrogen-bond acceptors (Lipinski definition) is 2. The van der Waals surface area contributed by atoms with Gasteiger partial charge in [-0.25, -0.2) is 0 Å². The summed E-state index contributed by atoms with van der Waals surface area (Å²) in [4.78, 5) is 11.6. The van der Waals surface area contributed by atoms with Crippen molar-refractivity contribution in [2.24, 2.45) is 0 Å². The van der Waals surface area contributed by atoms with Gasteiger partial charge < -0.3 is 10.6 Å². The van der Waals surface area contributed by atoms with E-state index in [0.29, 0.717) is 6.54 Å². The van der Waals surface area contributed by atoms with Gasteiger partial charge in [0.1, 0.15) is 6.04 Å². The van der Waals surface area contributed by atoms with Crippen molar-refractivity contribution in [1.82, 2.24) is 10.6 Å². The second-order valence-corrected chi connectivity index (χ2v) is 4.56. The van der Waals surface area contributed by atoms with Gasteiger partial charge in [0.25, 0.3) is 0 Å². The lowest BCUT2D eigenvalue weighted by atomic mass is 10.0. The van der Waals surface area contributed by atoms with E-state index >= 15 is 0 Å². The molecule has 3 nitrogen and oxygen atoms in total. The molecule has 2 N–H and O–H groups in total. The molecule has 1 heterocycles. The molecule has 1 aromatic rings. The Morgan fingerprint density at radius 3 is 2.87 bits per heavy atom. The molecule has 1 atom stereocenters. The van der Waals surface area contributed by atoms with E-state index < -0.39 is 0 Å². The zero-order valence-corrected chi connectivity index (χ0v) is 10.1. The van der Waals surface area contributed by atoms with Crippen molar-refractivity contribution in [3.63, 3.8) is 0 Å². The van der Waals surface area contributed by atoms with Crippen LogP contribution in [0.5, 0.6) is 0 Å². The number of benzene rings is 1. The molecule has 0 aliphatic carbocycles. The van der Waals surface area contributed by atoms with Gasteiger partial charge in [-0.05, 0) is 24.1 Å². The van der Waals surface area contributed by atoms with Gasteiger partial charge in [0.2, 0.25) is 5.91 Å². The van der Waals surface area contributed by atoms with Crippen LogP contribution < -0.4 is 10.6 Å². The molecule has 1 unspecified atom stereocenters. The van der Waals surface area contributed by atoms with Gasteiger partial charge in [-0.3, -0.25) is 4.79 Å². The van der Waals surface area contributed by atoms with Crippen LogP contribution >= 0.6 is 15.9 Å². The van der Waals surface area contributed by atoms with Crippen LogP contribution in [0, 0.1) is 6.92 Å². The van der Waals surface area contributed by atoms with Gasteiger partial charge in [0, 0.05) is 17.6 Å². The molecule has 1 fully saturated rings. The van der Waals surface area contributed by atoms with Crippen molar-refractivity contribution >= 4 is 21.8 Å². The van der Waals surface area contributed by atoms with Gasteiger partial charge >= 0.3 is 0 Å². The van der Waals surface area contributed by atoms with E-state index in [1.54, 1.807) is 0 Å². The van der Waals surface area contributed by atoms with Crippen LogP contribution in [-0.2, 0) is 4.79 Å². The predicted molar refractivity (Wildman–Crippen MR) is 62.6 cm³/mol. The average molecular weight is 269 g/mol. The molecule has 1 aliphatic rings. The summed E-state index contributed by atoms with van der Waals surface area (Å²) in [6.07, 6.45) is 0. The number of rotatable bonds is 1. The molecule has 1 aromatic carbocycles. The van der Waals surface area contributed by atoms with Gasteiger partial charge in [0.05, 0.1) is 0 Å². The van der Waals surface area contributed by atoms with E-state index in [2.05, 4.69) is 26.6 Å². The van der Waals surface area contributed by atoms with Crippen LogP contribution in [0.1, 0.15) is 17.2 Å². The standard InChI is InChI=1S/C11H13BrN2O/c1-7-2-3-8(9(12)6-7)10-11(15)14-5-4-13-10/h2-3,6,10,13H,4-5H2,1H3,(H,14,15). The van der Waals surface area contributed by atoms with Gasteiger partial charge in [-0.1, -0.05) is 28.1 Å². The maximum Gasteiger partial charge on any atom is 0.241 e. The maximum absolute atomic E-state index is 11.6. The summed E-state index contributed by atoms with van der Waals surface area (Å²) in [5, 5.41) is 6.05. The molecule has 0 radical (unpaired) electrons. The second-order valence-electron chi connectivity index (χ2n) is 3.70. The summed E-state index contributed by atoms with van der Waals surface area (Å²) < 4.78 is 0.983. The highest BCUT2D eigenvalue weighted by molar-refractivity contribution is 9.10. The van der Waals surface area contributed by atoms with E-state index in [1.165, 1.54) is 5.56 Å². The fourth-order valence-corrected chi connectivity index (χ4v) is 2.44. The van der Waals surface area contributed by atoms with E-state index in [4.69, 9.17) is 0 Å². The van der Waals surface area contributed by atoms with Crippen LogP contribution in [0.3, 0.4) is 0 Å². The number of carbonyl (C=O) groups excluding carboxylic acids is 1. The lowest BCUT2D eigenvalue weighted by Gasteiger charge is -2.24. The Labute approximate surface area is 97.4 Å². The minimum Gasteiger partial charge on any atom is -0.353 e. The highest BCUT2D eigenvalue weighted by Gasteiger charge is 2.24. The molecule has 0 saturated carbocycles. The first-order valence-electron chi connectivity index (χ1n) is 4.95. The van der Waals surface area contributed by atoms with Gasteiger partial charge in [0.15, 0.2) is 0 Å². The fourth-order valence-electron chi connectivity index (χ4n) is 1.71. The predicted octanol–water partition coefficient (Wildman–Crippen LogP) is 1.52. The number of carbonyl (C=O) groups is 1. The second kappa shape index (κ2) is 4.33. The van der Waals surface area contributed by atoms with E-state index in [0.717, 1.165) is 16.6 Å². The van der Waals surface area contributed by atoms with Crippen LogP contribution in [0.2, 0.25) is 0 Å². The van der Waals surface area contributed by atoms with Crippen LogP contribution in [-0.4, -0.2) is 19.0 Å². The molecule has 1 amide bonds.